The number of esters is 1. The molecule has 0 aliphatic rings. The maximum absolute atomic E-state index is 12.1. The Bertz CT molecular complexity index is 780. The summed E-state index contributed by atoms with van der Waals surface area (Å²) in [5, 5.41) is 0. The van der Waals surface area contributed by atoms with Crippen molar-refractivity contribution in [2.24, 2.45) is 0 Å². The van der Waals surface area contributed by atoms with Crippen molar-refractivity contribution in [1.29, 1.82) is 0 Å². The first-order chi connectivity index (χ1) is 17.6. The van der Waals surface area contributed by atoms with Gasteiger partial charge >= 0.3 is 13.8 Å². The van der Waals surface area contributed by atoms with Gasteiger partial charge in [-0.25, -0.2) is 4.57 Å². The third kappa shape index (κ3) is 25.7. The average molecular weight is 541 g/mol. The average Bonchev–Trinajstić information content (AvgIpc) is 2.82. The number of allylic oxidation sites excluding steroid dienone is 10. The minimum atomic E-state index is -4.17. The molecule has 1 N–H and O–H groups in total. The predicted octanol–water partition coefficient (Wildman–Crippen LogP) is 7.07. The lowest BCUT2D eigenvalue weighted by atomic mass is 10.2. The Labute approximate surface area is 225 Å². The first kappa shape index (κ1) is 35.2. The van der Waals surface area contributed by atoms with Crippen molar-refractivity contribution in [3.63, 3.8) is 0 Å². The Balaban J connectivity index is 3.94. The van der Waals surface area contributed by atoms with Crippen LogP contribution in [0.4, 0.5) is 0 Å². The molecule has 0 heterocycles. The topological polar surface area (TPSA) is 82.1 Å². The molecule has 0 bridgehead atoms. The molecule has 0 radical (unpaired) electrons. The van der Waals surface area contributed by atoms with Crippen LogP contribution in [0.15, 0.2) is 60.8 Å². The van der Waals surface area contributed by atoms with Crippen LogP contribution in [0.1, 0.15) is 71.6 Å². The summed E-state index contributed by atoms with van der Waals surface area (Å²) in [4.78, 5) is 21.9. The summed E-state index contributed by atoms with van der Waals surface area (Å²) in [5.74, 6) is -0.332. The molecular formula is C29H51NO6P+. The van der Waals surface area contributed by atoms with E-state index in [1.807, 2.05) is 28.1 Å². The number of unbranched alkanes of at least 4 members (excludes halogenated alkanes) is 1. The van der Waals surface area contributed by atoms with E-state index in [0.717, 1.165) is 38.5 Å². The van der Waals surface area contributed by atoms with E-state index < -0.39 is 13.9 Å². The van der Waals surface area contributed by atoms with E-state index >= 15 is 0 Å². The van der Waals surface area contributed by atoms with E-state index in [9.17, 15) is 14.3 Å². The molecule has 0 spiro atoms. The van der Waals surface area contributed by atoms with Crippen LogP contribution in [0.25, 0.3) is 0 Å². The van der Waals surface area contributed by atoms with Crippen molar-refractivity contribution in [2.45, 2.75) is 77.7 Å². The van der Waals surface area contributed by atoms with Crippen LogP contribution in [-0.4, -0.2) is 62.4 Å². The zero-order valence-corrected chi connectivity index (χ0v) is 24.6. The molecule has 0 amide bonds. The van der Waals surface area contributed by atoms with E-state index in [4.69, 9.17) is 13.8 Å². The molecule has 0 fully saturated rings. The Hall–Kier alpha value is -1.76. The Morgan fingerprint density at radius 2 is 1.35 bits per heavy atom. The van der Waals surface area contributed by atoms with Crippen molar-refractivity contribution < 1.29 is 32.5 Å². The van der Waals surface area contributed by atoms with E-state index in [1.165, 1.54) is 0 Å². The van der Waals surface area contributed by atoms with Gasteiger partial charge in [0.2, 0.25) is 0 Å². The highest BCUT2D eigenvalue weighted by molar-refractivity contribution is 7.47. The lowest BCUT2D eigenvalue weighted by molar-refractivity contribution is -0.870. The lowest BCUT2D eigenvalue weighted by Gasteiger charge is -2.24. The lowest BCUT2D eigenvalue weighted by Crippen LogP contribution is -2.37. The number of likely N-dealkylation sites (N-methyl/N-ethyl adjacent to an activating group) is 1. The summed E-state index contributed by atoms with van der Waals surface area (Å²) in [6.45, 7) is 4.47. The van der Waals surface area contributed by atoms with Crippen LogP contribution in [0.3, 0.4) is 0 Å². The summed E-state index contributed by atoms with van der Waals surface area (Å²) in [7, 11) is 1.71. The number of quaternary nitrogens is 1. The molecule has 0 aromatic carbocycles. The minimum absolute atomic E-state index is 0.101. The highest BCUT2D eigenvalue weighted by Crippen LogP contribution is 2.43. The van der Waals surface area contributed by atoms with Gasteiger partial charge in [0.15, 0.2) is 0 Å². The van der Waals surface area contributed by atoms with Gasteiger partial charge < -0.3 is 14.1 Å². The van der Waals surface area contributed by atoms with Crippen LogP contribution >= 0.6 is 7.82 Å². The fourth-order valence-corrected chi connectivity index (χ4v) is 3.60. The van der Waals surface area contributed by atoms with Gasteiger partial charge in [-0.1, -0.05) is 74.6 Å². The highest BCUT2D eigenvalue weighted by Gasteiger charge is 2.25. The molecule has 7 nitrogen and oxygen atoms in total. The molecule has 0 aliphatic carbocycles. The summed E-state index contributed by atoms with van der Waals surface area (Å²) < 4.78 is 28.0. The molecule has 212 valence electrons. The van der Waals surface area contributed by atoms with E-state index in [-0.39, 0.29) is 19.2 Å². The maximum atomic E-state index is 12.1. The van der Waals surface area contributed by atoms with Gasteiger partial charge in [-0.05, 0) is 51.4 Å². The predicted molar refractivity (Wildman–Crippen MR) is 153 cm³/mol. The molecule has 8 heteroatoms. The van der Waals surface area contributed by atoms with E-state index in [0.29, 0.717) is 30.3 Å². The molecule has 0 rings (SSSR count). The number of hydrogen-bond acceptors (Lipinski definition) is 5. The molecule has 2 atom stereocenters. The van der Waals surface area contributed by atoms with Gasteiger partial charge in [0, 0.05) is 6.42 Å². The number of phosphoric acid groups is 1. The van der Waals surface area contributed by atoms with Crippen LogP contribution in [0.2, 0.25) is 0 Å². The van der Waals surface area contributed by atoms with Gasteiger partial charge in [-0.2, -0.15) is 0 Å². The number of carbonyl (C=O) groups excluding carboxylic acids is 1. The second-order valence-corrected chi connectivity index (χ2v) is 11.2. The number of carbonyl (C=O) groups is 1. The second-order valence-electron chi connectivity index (χ2n) is 9.73. The van der Waals surface area contributed by atoms with Crippen LogP contribution in [-0.2, 0) is 23.1 Å². The van der Waals surface area contributed by atoms with Crippen LogP contribution in [0, 0.1) is 0 Å². The van der Waals surface area contributed by atoms with Crippen molar-refractivity contribution in [3.05, 3.63) is 60.8 Å². The van der Waals surface area contributed by atoms with Crippen LogP contribution in [0.5, 0.6) is 0 Å². The van der Waals surface area contributed by atoms with Gasteiger partial charge in [-0.15, -0.1) is 0 Å². The fraction of sp³-hybridized carbons (Fsp3) is 0.621. The second kappa shape index (κ2) is 22.2. The Morgan fingerprint density at radius 3 is 1.84 bits per heavy atom. The smallest absolute Gasteiger partial charge is 0.460 e. The monoisotopic (exact) mass is 540 g/mol. The summed E-state index contributed by atoms with van der Waals surface area (Å²) in [6, 6.07) is 0. The molecule has 37 heavy (non-hydrogen) atoms. The zero-order chi connectivity index (χ0) is 27.8. The molecular weight excluding hydrogens is 489 g/mol. The number of hydrogen-bond donors (Lipinski definition) is 1. The van der Waals surface area contributed by atoms with Gasteiger partial charge in [-0.3, -0.25) is 13.8 Å². The number of rotatable bonds is 22. The molecule has 0 aromatic rings. The quantitative estimate of drug-likeness (QED) is 0.0520. The largest absolute Gasteiger partial charge is 0.472 e. The first-order valence-electron chi connectivity index (χ1n) is 13.5. The van der Waals surface area contributed by atoms with Crippen molar-refractivity contribution in [3.8, 4) is 0 Å². The van der Waals surface area contributed by atoms with E-state index in [1.54, 1.807) is 0 Å². The van der Waals surface area contributed by atoms with Gasteiger partial charge in [0.1, 0.15) is 19.3 Å². The van der Waals surface area contributed by atoms with Crippen LogP contribution < -0.4 is 0 Å². The highest BCUT2D eigenvalue weighted by atomic mass is 31.2. The zero-order valence-electron chi connectivity index (χ0n) is 23.7. The molecule has 0 saturated carbocycles. The Kier molecular flexibility index (Phi) is 21.2. The van der Waals surface area contributed by atoms with E-state index in [2.05, 4.69) is 67.7 Å². The maximum Gasteiger partial charge on any atom is 0.472 e. The normalized spacial score (nSPS) is 15.5. The first-order valence-corrected chi connectivity index (χ1v) is 15.0. The summed E-state index contributed by atoms with van der Waals surface area (Å²) in [5.41, 5.74) is 0. The standard InChI is InChI=1S/C29H50NO6P/c1-6-8-9-10-11-12-13-14-15-16-17-18-19-20-21-22-23-24-29(31)36-28(7-2)27-35-37(32,33)34-26-25-30(3,4)5/h8-9,11-12,14-15,17-18,20-21,28H,6-7,10,13,16,19,22-27H2,1-5H3/p+1/b9-8-,12-11-,15-14-,18-17-,21-20-. The third-order valence-corrected chi connectivity index (χ3v) is 6.09. The van der Waals surface area contributed by atoms with Gasteiger partial charge in [0.05, 0.1) is 27.7 Å². The molecule has 0 saturated heterocycles. The number of ether oxygens (including phenoxy) is 1. The fourth-order valence-electron chi connectivity index (χ4n) is 2.86. The Morgan fingerprint density at radius 1 is 0.838 bits per heavy atom. The minimum Gasteiger partial charge on any atom is -0.460 e. The summed E-state index contributed by atoms with van der Waals surface area (Å²) >= 11 is 0. The number of nitrogens with zero attached hydrogens (tertiary/aromatic N) is 1. The molecule has 0 aromatic heterocycles. The number of phosphoric ester groups is 1. The molecule has 0 aliphatic heterocycles. The van der Waals surface area contributed by atoms with Crippen molar-refractivity contribution in [1.82, 2.24) is 0 Å². The van der Waals surface area contributed by atoms with Gasteiger partial charge in [0.25, 0.3) is 0 Å². The van der Waals surface area contributed by atoms with Crippen molar-refractivity contribution >= 4 is 13.8 Å². The third-order valence-electron chi connectivity index (χ3n) is 5.10. The molecule has 2 unspecified atom stereocenters. The summed E-state index contributed by atoms with van der Waals surface area (Å²) in [6.07, 6.45) is 28.1. The SMILES string of the molecule is CC/C=C\C/C=C\C/C=C\C/C=C\C/C=C\CCCC(=O)OC(CC)COP(=O)(O)OCC[N+](C)(C)C. The van der Waals surface area contributed by atoms with Crippen molar-refractivity contribution in [2.75, 3.05) is 40.9 Å².